The Morgan fingerprint density at radius 2 is 1.52 bits per heavy atom. The van der Waals surface area contributed by atoms with Gasteiger partial charge in [-0.3, -0.25) is 14.0 Å². The summed E-state index contributed by atoms with van der Waals surface area (Å²) in [6, 6.07) is -0.355. The third kappa shape index (κ3) is 9.70. The van der Waals surface area contributed by atoms with Crippen molar-refractivity contribution in [2.45, 2.75) is 172 Å². The van der Waals surface area contributed by atoms with Gasteiger partial charge in [0.2, 0.25) is 0 Å². The maximum absolute atomic E-state index is 14.1. The highest BCUT2D eigenvalue weighted by atomic mass is 19.1. The number of ether oxygens (including phenoxy) is 6. The van der Waals surface area contributed by atoms with Crippen molar-refractivity contribution in [2.75, 3.05) is 27.9 Å². The highest BCUT2D eigenvalue weighted by Gasteiger charge is 2.53. The Balaban J connectivity index is 2.20. The monoisotopic (exact) mass is 751 g/mol. The number of carbonyl (C=O) groups is 2. The van der Waals surface area contributed by atoms with Gasteiger partial charge < -0.3 is 58.9 Å². The number of cyclic esters (lactones) is 1. The number of esters is 1. The quantitative estimate of drug-likeness (QED) is 0.225. The van der Waals surface area contributed by atoms with E-state index in [1.54, 1.807) is 27.7 Å². The van der Waals surface area contributed by atoms with Crippen LogP contribution in [0.25, 0.3) is 0 Å². The van der Waals surface area contributed by atoms with E-state index in [2.05, 4.69) is 0 Å². The third-order valence-corrected chi connectivity index (χ3v) is 11.8. The number of hydrogen-bond donors (Lipinski definition) is 5. The molecule has 3 aliphatic rings. The van der Waals surface area contributed by atoms with Gasteiger partial charge in [-0.25, -0.2) is 0 Å². The molecule has 0 spiro atoms. The molecule has 304 valence electrons. The summed E-state index contributed by atoms with van der Waals surface area (Å²) in [5.74, 6) is -5.61. The van der Waals surface area contributed by atoms with E-state index in [0.717, 1.165) is 0 Å². The molecule has 3 fully saturated rings. The highest BCUT2D eigenvalue weighted by molar-refractivity contribution is 5.83. The van der Waals surface area contributed by atoms with Crippen LogP contribution in [0, 0.1) is 23.7 Å². The van der Waals surface area contributed by atoms with Crippen LogP contribution >= 0.6 is 0 Å². The number of ketones is 1. The summed E-state index contributed by atoms with van der Waals surface area (Å²) in [5, 5.41) is 57.5. The van der Waals surface area contributed by atoms with Crippen molar-refractivity contribution in [3.8, 4) is 0 Å². The molecular weight excluding hydrogens is 685 g/mol. The Bertz CT molecular complexity index is 1190. The highest BCUT2D eigenvalue weighted by Crippen LogP contribution is 2.40. The van der Waals surface area contributed by atoms with Crippen LogP contribution in [-0.4, -0.2) is 154 Å². The molecule has 52 heavy (non-hydrogen) atoms. The summed E-state index contributed by atoms with van der Waals surface area (Å²) >= 11 is 0. The van der Waals surface area contributed by atoms with E-state index < -0.39 is 121 Å². The van der Waals surface area contributed by atoms with Crippen LogP contribution in [0.2, 0.25) is 0 Å². The Hall–Kier alpha value is -1.37. The second kappa shape index (κ2) is 17.6. The summed E-state index contributed by atoms with van der Waals surface area (Å²) < 4.78 is 50.6. The SMILES string of the molecule is CO[C@]1(C)C[C@H](OC2[C@@H](C)C(=O)O[C@H](CCF)[C@@](C)(O)[C@H](O)[C@@H](C)C(=O)[C@H](C)C[C@@](C)(O)[C@H](O[C@@H]3O[C@H](C)C[C@H](N(C)C)[C@H]3O)[C@H]2C)O[C@@H](C)[C@@H]1O. The van der Waals surface area contributed by atoms with Crippen molar-refractivity contribution in [3.63, 3.8) is 0 Å². The lowest BCUT2D eigenvalue weighted by atomic mass is 9.74. The molecule has 3 aliphatic heterocycles. The number of aliphatic hydroxyl groups is 5. The lowest BCUT2D eigenvalue weighted by molar-refractivity contribution is -0.318. The number of nitrogens with zero attached hydrogens (tertiary/aromatic N) is 1. The zero-order valence-corrected chi connectivity index (χ0v) is 33.0. The van der Waals surface area contributed by atoms with Gasteiger partial charge in [-0.15, -0.1) is 0 Å². The van der Waals surface area contributed by atoms with Crippen molar-refractivity contribution < 1.29 is 67.9 Å². The first-order chi connectivity index (χ1) is 23.9. The van der Waals surface area contributed by atoms with E-state index in [0.29, 0.717) is 6.42 Å². The average Bonchev–Trinajstić information content (AvgIpc) is 3.06. The second-order valence-electron chi connectivity index (χ2n) is 16.5. The molecule has 0 aromatic carbocycles. The molecule has 15 heteroatoms. The number of carbonyl (C=O) groups excluding carboxylic acids is 2. The van der Waals surface area contributed by atoms with Gasteiger partial charge in [-0.1, -0.05) is 20.8 Å². The molecule has 1 unspecified atom stereocenters. The molecule has 0 bridgehead atoms. The number of likely N-dealkylation sites (N-methyl/N-ethyl adjacent to an activating group) is 1. The molecule has 5 N–H and O–H groups in total. The van der Waals surface area contributed by atoms with Crippen LogP contribution in [0.5, 0.6) is 0 Å². The van der Waals surface area contributed by atoms with Gasteiger partial charge in [0, 0.05) is 43.7 Å². The van der Waals surface area contributed by atoms with Gasteiger partial charge in [0.05, 0.1) is 54.3 Å². The lowest BCUT2D eigenvalue weighted by Crippen LogP contribution is -2.61. The maximum Gasteiger partial charge on any atom is 0.311 e. The van der Waals surface area contributed by atoms with Crippen LogP contribution in [0.15, 0.2) is 0 Å². The first-order valence-electron chi connectivity index (χ1n) is 18.6. The molecule has 0 radical (unpaired) electrons. The average molecular weight is 752 g/mol. The molecule has 3 rings (SSSR count). The fourth-order valence-electron chi connectivity index (χ4n) is 8.36. The molecular formula is C37H66FNO13. The largest absolute Gasteiger partial charge is 0.459 e. The van der Waals surface area contributed by atoms with Crippen molar-refractivity contribution >= 4 is 11.8 Å². The zero-order chi connectivity index (χ0) is 39.7. The fraction of sp³-hybridized carbons (Fsp3) is 0.946. The number of methoxy groups -OCH3 is 1. The summed E-state index contributed by atoms with van der Waals surface area (Å²) in [6.07, 6.45) is -11.4. The summed E-state index contributed by atoms with van der Waals surface area (Å²) in [4.78, 5) is 29.7. The Labute approximate surface area is 308 Å². The Morgan fingerprint density at radius 3 is 2.08 bits per heavy atom. The van der Waals surface area contributed by atoms with Gasteiger partial charge in [-0.2, -0.15) is 0 Å². The van der Waals surface area contributed by atoms with E-state index in [4.69, 9.17) is 28.4 Å². The van der Waals surface area contributed by atoms with Gasteiger partial charge in [0.1, 0.15) is 29.7 Å². The topological polar surface area (TPSA) is 194 Å². The standard InChI is InChI=1S/C37H66FNO13/c1-18-16-35(7,45)32(52-34-28(41)24(39(10)11)15-19(2)48-34)21(4)29(51-26-17-36(8,47-12)31(43)23(6)49-26)22(5)33(44)50-25(13-14-38)37(9,46)30(42)20(3)27(18)40/h18-26,28-32,34,41-43,45-46H,13-17H2,1-12H3/t18-,19-,20+,21+,22-,23+,24+,25-,26+,28-,29?,30-,31+,32-,34+,35-,36-,37-/m1/s1. The fourth-order valence-corrected chi connectivity index (χ4v) is 8.36. The number of aliphatic hydroxyl groups excluding tert-OH is 3. The minimum absolute atomic E-state index is 0.0448. The van der Waals surface area contributed by atoms with E-state index in [9.17, 15) is 39.5 Å². The Kier molecular flexibility index (Phi) is 15.3. The van der Waals surface area contributed by atoms with E-state index in [-0.39, 0.29) is 25.0 Å². The summed E-state index contributed by atoms with van der Waals surface area (Å²) in [7, 11) is 5.11. The molecule has 0 aromatic heterocycles. The summed E-state index contributed by atoms with van der Waals surface area (Å²) in [5.41, 5.74) is -5.17. The van der Waals surface area contributed by atoms with Crippen molar-refractivity contribution in [2.24, 2.45) is 23.7 Å². The van der Waals surface area contributed by atoms with Crippen molar-refractivity contribution in [1.82, 2.24) is 4.90 Å². The third-order valence-electron chi connectivity index (χ3n) is 11.8. The molecule has 3 heterocycles. The van der Waals surface area contributed by atoms with Crippen molar-refractivity contribution in [3.05, 3.63) is 0 Å². The van der Waals surface area contributed by atoms with Crippen LogP contribution in [0.3, 0.4) is 0 Å². The normalized spacial score (nSPS) is 49.0. The van der Waals surface area contributed by atoms with Gasteiger partial charge in [0.25, 0.3) is 0 Å². The van der Waals surface area contributed by atoms with Crippen LogP contribution in [0.1, 0.15) is 88.0 Å². The first kappa shape index (κ1) is 45.0. The zero-order valence-electron chi connectivity index (χ0n) is 33.0. The van der Waals surface area contributed by atoms with E-state index >= 15 is 0 Å². The minimum atomic E-state index is -2.23. The van der Waals surface area contributed by atoms with E-state index in [1.165, 1.54) is 34.8 Å². The van der Waals surface area contributed by atoms with Crippen molar-refractivity contribution in [1.29, 1.82) is 0 Å². The minimum Gasteiger partial charge on any atom is -0.459 e. The smallest absolute Gasteiger partial charge is 0.311 e. The number of halogens is 1. The van der Waals surface area contributed by atoms with Gasteiger partial charge in [0.15, 0.2) is 12.6 Å². The predicted molar refractivity (Wildman–Crippen MR) is 187 cm³/mol. The molecule has 14 nitrogen and oxygen atoms in total. The predicted octanol–water partition coefficient (Wildman–Crippen LogP) is 1.74. The lowest BCUT2D eigenvalue weighted by Gasteiger charge is -2.49. The Morgan fingerprint density at radius 1 is 0.904 bits per heavy atom. The number of alkyl halides is 1. The molecule has 0 aliphatic carbocycles. The molecule has 0 amide bonds. The molecule has 0 aromatic rings. The van der Waals surface area contributed by atoms with Gasteiger partial charge in [-0.05, 0) is 68.5 Å². The van der Waals surface area contributed by atoms with Crippen LogP contribution < -0.4 is 0 Å². The number of rotatable bonds is 8. The summed E-state index contributed by atoms with van der Waals surface area (Å²) in [6.45, 7) is 13.1. The van der Waals surface area contributed by atoms with Crippen LogP contribution in [0.4, 0.5) is 4.39 Å². The van der Waals surface area contributed by atoms with E-state index in [1.807, 2.05) is 25.9 Å². The first-order valence-corrected chi connectivity index (χ1v) is 18.6. The second-order valence-corrected chi connectivity index (χ2v) is 16.5. The molecule has 3 saturated heterocycles. The van der Waals surface area contributed by atoms with Gasteiger partial charge >= 0.3 is 5.97 Å². The number of hydrogen-bond acceptors (Lipinski definition) is 14. The number of Topliss-reactive ketones (excluding diaryl/α,β-unsaturated/α-hetero) is 1. The van der Waals surface area contributed by atoms with Crippen LogP contribution in [-0.2, 0) is 38.0 Å². The molecule has 18 atom stereocenters. The maximum atomic E-state index is 14.1. The molecule has 0 saturated carbocycles.